The summed E-state index contributed by atoms with van der Waals surface area (Å²) in [6, 6.07) is 11.6. The first kappa shape index (κ1) is 18.4. The van der Waals surface area contributed by atoms with E-state index in [1.54, 1.807) is 23.1 Å². The Hall–Kier alpha value is -2.38. The van der Waals surface area contributed by atoms with Gasteiger partial charge in [-0.1, -0.05) is 12.1 Å². The number of carbonyl (C=O) groups is 1. The maximum atomic E-state index is 12.6. The maximum Gasteiger partial charge on any atom is 0.261 e. The summed E-state index contributed by atoms with van der Waals surface area (Å²) in [7, 11) is -3.71. The second-order valence-corrected chi connectivity index (χ2v) is 8.04. The van der Waals surface area contributed by atoms with E-state index >= 15 is 0 Å². The Labute approximate surface area is 153 Å². The highest BCUT2D eigenvalue weighted by Crippen LogP contribution is 2.21. The summed E-state index contributed by atoms with van der Waals surface area (Å²) in [5.41, 5.74) is 2.84. The Bertz CT molecular complexity index is 902. The molecule has 2 aromatic rings. The zero-order chi connectivity index (χ0) is 18.7. The predicted molar refractivity (Wildman–Crippen MR) is 99.9 cm³/mol. The Morgan fingerprint density at radius 2 is 1.69 bits per heavy atom. The molecule has 0 unspecified atom stereocenters. The summed E-state index contributed by atoms with van der Waals surface area (Å²) in [5, 5.41) is 0. The van der Waals surface area contributed by atoms with Crippen molar-refractivity contribution in [2.75, 3.05) is 31.0 Å². The third kappa shape index (κ3) is 4.05. The fraction of sp³-hybridized carbons (Fsp3) is 0.316. The summed E-state index contributed by atoms with van der Waals surface area (Å²) < 4.78 is 33.1. The topological polar surface area (TPSA) is 75.7 Å². The van der Waals surface area contributed by atoms with Crippen LogP contribution in [0.2, 0.25) is 0 Å². The SMILES string of the molecule is Cc1ccc(C)c(NS(=O)(=O)c2ccc(C(=O)N3CCOCC3)cc2)c1. The van der Waals surface area contributed by atoms with Gasteiger partial charge in [0, 0.05) is 18.7 Å². The Morgan fingerprint density at radius 1 is 1.04 bits per heavy atom. The van der Waals surface area contributed by atoms with Crippen LogP contribution < -0.4 is 4.72 Å². The van der Waals surface area contributed by atoms with Gasteiger partial charge in [0.2, 0.25) is 0 Å². The van der Waals surface area contributed by atoms with E-state index < -0.39 is 10.0 Å². The van der Waals surface area contributed by atoms with E-state index in [1.165, 1.54) is 12.1 Å². The average Bonchev–Trinajstić information content (AvgIpc) is 2.65. The molecule has 26 heavy (non-hydrogen) atoms. The van der Waals surface area contributed by atoms with Crippen molar-refractivity contribution in [3.63, 3.8) is 0 Å². The van der Waals surface area contributed by atoms with Gasteiger partial charge in [-0.15, -0.1) is 0 Å². The fourth-order valence-corrected chi connectivity index (χ4v) is 3.90. The molecule has 0 radical (unpaired) electrons. The molecule has 0 aromatic heterocycles. The van der Waals surface area contributed by atoms with E-state index in [9.17, 15) is 13.2 Å². The number of anilines is 1. The van der Waals surface area contributed by atoms with Crippen LogP contribution in [0, 0.1) is 13.8 Å². The van der Waals surface area contributed by atoms with Crippen molar-refractivity contribution in [3.05, 3.63) is 59.2 Å². The van der Waals surface area contributed by atoms with Crippen molar-refractivity contribution >= 4 is 21.6 Å². The van der Waals surface area contributed by atoms with Crippen molar-refractivity contribution in [3.8, 4) is 0 Å². The molecule has 138 valence electrons. The highest BCUT2D eigenvalue weighted by atomic mass is 32.2. The van der Waals surface area contributed by atoms with Crippen LogP contribution in [0.25, 0.3) is 0 Å². The highest BCUT2D eigenvalue weighted by Gasteiger charge is 2.20. The number of nitrogens with zero attached hydrogens (tertiary/aromatic N) is 1. The third-order valence-corrected chi connectivity index (χ3v) is 5.73. The minimum atomic E-state index is -3.71. The second-order valence-electron chi connectivity index (χ2n) is 6.35. The molecule has 1 saturated heterocycles. The molecule has 1 N–H and O–H groups in total. The number of rotatable bonds is 4. The van der Waals surface area contributed by atoms with E-state index in [-0.39, 0.29) is 10.8 Å². The van der Waals surface area contributed by atoms with Crippen LogP contribution in [-0.4, -0.2) is 45.5 Å². The summed E-state index contributed by atoms with van der Waals surface area (Å²) in [4.78, 5) is 14.3. The number of nitrogens with one attached hydrogen (secondary N) is 1. The van der Waals surface area contributed by atoms with Crippen LogP contribution in [0.3, 0.4) is 0 Å². The zero-order valence-electron chi connectivity index (χ0n) is 14.9. The lowest BCUT2D eigenvalue weighted by atomic mass is 10.1. The molecule has 0 aliphatic carbocycles. The van der Waals surface area contributed by atoms with Crippen molar-refractivity contribution in [2.45, 2.75) is 18.7 Å². The van der Waals surface area contributed by atoms with E-state index in [0.29, 0.717) is 37.6 Å². The van der Waals surface area contributed by atoms with Crippen molar-refractivity contribution in [1.29, 1.82) is 0 Å². The molecule has 1 fully saturated rings. The lowest BCUT2D eigenvalue weighted by molar-refractivity contribution is 0.0303. The van der Waals surface area contributed by atoms with Crippen LogP contribution in [-0.2, 0) is 14.8 Å². The largest absolute Gasteiger partial charge is 0.378 e. The van der Waals surface area contributed by atoms with Crippen LogP contribution in [0.4, 0.5) is 5.69 Å². The molecule has 1 aliphatic rings. The molecule has 0 bridgehead atoms. The van der Waals surface area contributed by atoms with Gasteiger partial charge in [0.25, 0.3) is 15.9 Å². The van der Waals surface area contributed by atoms with Crippen molar-refractivity contribution in [2.24, 2.45) is 0 Å². The van der Waals surface area contributed by atoms with Gasteiger partial charge < -0.3 is 9.64 Å². The van der Waals surface area contributed by atoms with Gasteiger partial charge in [0.15, 0.2) is 0 Å². The van der Waals surface area contributed by atoms with Crippen LogP contribution in [0.5, 0.6) is 0 Å². The molecule has 0 atom stereocenters. The van der Waals surface area contributed by atoms with Gasteiger partial charge in [0.1, 0.15) is 0 Å². The van der Waals surface area contributed by atoms with Gasteiger partial charge >= 0.3 is 0 Å². The molecule has 3 rings (SSSR count). The lowest BCUT2D eigenvalue weighted by Gasteiger charge is -2.26. The van der Waals surface area contributed by atoms with Crippen molar-refractivity contribution < 1.29 is 17.9 Å². The molecule has 1 heterocycles. The Balaban J connectivity index is 1.78. The summed E-state index contributed by atoms with van der Waals surface area (Å²) >= 11 is 0. The number of sulfonamides is 1. The van der Waals surface area contributed by atoms with Gasteiger partial charge in [-0.25, -0.2) is 8.42 Å². The summed E-state index contributed by atoms with van der Waals surface area (Å²) in [5.74, 6) is -0.111. The average molecular weight is 374 g/mol. The molecule has 2 aromatic carbocycles. The van der Waals surface area contributed by atoms with Gasteiger partial charge in [-0.2, -0.15) is 0 Å². The molecular formula is C19H22N2O4S. The minimum Gasteiger partial charge on any atom is -0.378 e. The molecular weight excluding hydrogens is 352 g/mol. The highest BCUT2D eigenvalue weighted by molar-refractivity contribution is 7.92. The number of morpholine rings is 1. The van der Waals surface area contributed by atoms with Crippen molar-refractivity contribution in [1.82, 2.24) is 4.90 Å². The Morgan fingerprint density at radius 3 is 2.35 bits per heavy atom. The fourth-order valence-electron chi connectivity index (χ4n) is 2.78. The second kappa shape index (κ2) is 7.47. The number of aryl methyl sites for hydroxylation is 2. The molecule has 0 saturated carbocycles. The molecule has 6 nitrogen and oxygen atoms in total. The third-order valence-electron chi connectivity index (χ3n) is 4.35. The number of hydrogen-bond acceptors (Lipinski definition) is 4. The first-order chi connectivity index (χ1) is 12.4. The van der Waals surface area contributed by atoms with E-state index in [2.05, 4.69) is 4.72 Å². The predicted octanol–water partition coefficient (Wildman–Crippen LogP) is 2.58. The Kier molecular flexibility index (Phi) is 5.29. The minimum absolute atomic E-state index is 0.111. The van der Waals surface area contributed by atoms with Crippen LogP contribution >= 0.6 is 0 Å². The maximum absolute atomic E-state index is 12.6. The van der Waals surface area contributed by atoms with E-state index in [0.717, 1.165) is 11.1 Å². The van der Waals surface area contributed by atoms with Gasteiger partial charge in [0.05, 0.1) is 23.8 Å². The number of carbonyl (C=O) groups excluding carboxylic acids is 1. The van der Waals surface area contributed by atoms with E-state index in [4.69, 9.17) is 4.74 Å². The first-order valence-corrected chi connectivity index (χ1v) is 9.92. The molecule has 1 amide bonds. The quantitative estimate of drug-likeness (QED) is 0.892. The zero-order valence-corrected chi connectivity index (χ0v) is 15.7. The van der Waals surface area contributed by atoms with Gasteiger partial charge in [-0.05, 0) is 55.3 Å². The number of ether oxygens (including phenoxy) is 1. The summed E-state index contributed by atoms with van der Waals surface area (Å²) in [6.45, 7) is 5.90. The first-order valence-electron chi connectivity index (χ1n) is 8.44. The number of amides is 1. The normalized spacial score (nSPS) is 14.9. The van der Waals surface area contributed by atoms with Gasteiger partial charge in [-0.3, -0.25) is 9.52 Å². The number of benzene rings is 2. The molecule has 1 aliphatic heterocycles. The number of hydrogen-bond donors (Lipinski definition) is 1. The lowest BCUT2D eigenvalue weighted by Crippen LogP contribution is -2.40. The van der Waals surface area contributed by atoms with Crippen LogP contribution in [0.1, 0.15) is 21.5 Å². The summed E-state index contributed by atoms with van der Waals surface area (Å²) in [6.07, 6.45) is 0. The standard InChI is InChI=1S/C19H22N2O4S/c1-14-3-4-15(2)18(13-14)20-26(23,24)17-7-5-16(6-8-17)19(22)21-9-11-25-12-10-21/h3-8,13,20H,9-12H2,1-2H3. The van der Waals surface area contributed by atoms with Crippen LogP contribution in [0.15, 0.2) is 47.4 Å². The van der Waals surface area contributed by atoms with E-state index in [1.807, 2.05) is 26.0 Å². The molecule has 7 heteroatoms. The molecule has 0 spiro atoms. The smallest absolute Gasteiger partial charge is 0.261 e. The monoisotopic (exact) mass is 374 g/mol.